The Morgan fingerprint density at radius 1 is 0.533 bits per heavy atom. The van der Waals surface area contributed by atoms with Gasteiger partial charge in [-0.05, 0) is 109 Å². The Balaban J connectivity index is 0.870. The Kier molecular flexibility index (Phi) is 19.7. The second kappa shape index (κ2) is 25.9. The molecule has 0 aliphatic heterocycles. The number of benzene rings is 2. The first-order chi connectivity index (χ1) is 29.6. The summed E-state index contributed by atoms with van der Waals surface area (Å²) in [4.78, 5) is 12.5. The van der Waals surface area contributed by atoms with Crippen LogP contribution in [-0.2, 0) is 39.5 Å². The van der Waals surface area contributed by atoms with Crippen LogP contribution in [0.2, 0.25) is 0 Å². The number of rotatable bonds is 28. The Morgan fingerprint density at radius 3 is 1.38 bits per heavy atom. The van der Waals surface area contributed by atoms with Crippen molar-refractivity contribution in [2.24, 2.45) is 0 Å². The average Bonchev–Trinajstić information content (AvgIpc) is 4.03. The third kappa shape index (κ3) is 14.7. The maximum absolute atomic E-state index is 12.4. The van der Waals surface area contributed by atoms with Gasteiger partial charge in [-0.25, -0.2) is 9.97 Å². The maximum atomic E-state index is 12.4. The van der Waals surface area contributed by atoms with Gasteiger partial charge in [-0.2, -0.15) is 0 Å². The van der Waals surface area contributed by atoms with Crippen molar-refractivity contribution in [1.29, 1.82) is 0 Å². The molecule has 6 aromatic rings. The van der Waals surface area contributed by atoms with Crippen molar-refractivity contribution in [2.75, 3.05) is 26.3 Å². The normalized spacial score (nSPS) is 11.5. The molecule has 0 saturated heterocycles. The van der Waals surface area contributed by atoms with Crippen LogP contribution in [0.1, 0.15) is 101 Å². The monoisotopic (exact) mass is 862 g/mol. The van der Waals surface area contributed by atoms with Gasteiger partial charge in [0.15, 0.2) is 0 Å². The first-order valence-corrected chi connectivity index (χ1v) is 25.1. The zero-order chi connectivity index (χ0) is 41.6. The van der Waals surface area contributed by atoms with Crippen LogP contribution in [0.5, 0.6) is 0 Å². The molecule has 2 aromatic carbocycles. The van der Waals surface area contributed by atoms with Crippen molar-refractivity contribution >= 4 is 30.9 Å². The van der Waals surface area contributed by atoms with E-state index in [1.165, 1.54) is 83.4 Å². The van der Waals surface area contributed by atoms with Crippen LogP contribution in [0.3, 0.4) is 0 Å². The highest BCUT2D eigenvalue weighted by Gasteiger charge is 2.14. The van der Waals surface area contributed by atoms with E-state index in [9.17, 15) is 4.57 Å². The summed E-state index contributed by atoms with van der Waals surface area (Å²) in [5, 5.41) is 11.2. The zero-order valence-electron chi connectivity index (χ0n) is 35.6. The third-order valence-electron chi connectivity index (χ3n) is 10.6. The Morgan fingerprint density at radius 2 is 0.983 bits per heavy atom. The van der Waals surface area contributed by atoms with E-state index in [1.807, 2.05) is 0 Å². The van der Waals surface area contributed by atoms with E-state index in [2.05, 4.69) is 132 Å². The molecule has 0 radical (unpaired) electrons. The number of pyridine rings is 2. The van der Waals surface area contributed by atoms with Gasteiger partial charge in [0.05, 0.1) is 45.7 Å². The van der Waals surface area contributed by atoms with Crippen LogP contribution in [0, 0.1) is 0 Å². The number of aryl methyl sites for hydroxylation is 2. The topological polar surface area (TPSA) is 85.4 Å². The van der Waals surface area contributed by atoms with Crippen LogP contribution >= 0.6 is 30.9 Å². The first kappa shape index (κ1) is 45.7. The van der Waals surface area contributed by atoms with E-state index >= 15 is 0 Å². The van der Waals surface area contributed by atoms with Gasteiger partial charge >= 0.3 is 8.25 Å². The molecule has 0 aliphatic rings. The predicted octanol–water partition coefficient (Wildman–Crippen LogP) is 13.6. The summed E-state index contributed by atoms with van der Waals surface area (Å²) >= 11 is 3.43. The van der Waals surface area contributed by atoms with E-state index in [1.54, 1.807) is 22.7 Å². The molecular weight excluding hydrogens is 800 g/mol. The van der Waals surface area contributed by atoms with Crippen LogP contribution < -0.4 is 10.6 Å². The van der Waals surface area contributed by atoms with Crippen LogP contribution in [0.4, 0.5) is 0 Å². The molecule has 60 heavy (non-hydrogen) atoms. The zero-order valence-corrected chi connectivity index (χ0v) is 38.2. The fourth-order valence-electron chi connectivity index (χ4n) is 7.26. The predicted molar refractivity (Wildman–Crippen MR) is 255 cm³/mol. The summed E-state index contributed by atoms with van der Waals surface area (Å²) in [6, 6.07) is 35.1. The molecule has 7 nitrogen and oxygen atoms in total. The highest BCUT2D eigenvalue weighted by Crippen LogP contribution is 2.35. The lowest BCUT2D eigenvalue weighted by molar-refractivity contribution is 0.220. The maximum Gasteiger partial charge on any atom is 0.319 e. The molecule has 0 bridgehead atoms. The Bertz CT molecular complexity index is 1970. The molecule has 0 atom stereocenters. The molecule has 6 rings (SSSR count). The molecule has 4 aromatic heterocycles. The van der Waals surface area contributed by atoms with Gasteiger partial charge in [0.1, 0.15) is 0 Å². The molecule has 10 heteroatoms. The van der Waals surface area contributed by atoms with Gasteiger partial charge in [-0.1, -0.05) is 125 Å². The van der Waals surface area contributed by atoms with Crippen molar-refractivity contribution in [3.8, 4) is 43.4 Å². The third-order valence-corrected chi connectivity index (χ3v) is 13.3. The van der Waals surface area contributed by atoms with Crippen LogP contribution in [0.15, 0.2) is 108 Å². The number of hydrogen-bond acceptors (Lipinski definition) is 9. The van der Waals surface area contributed by atoms with Crippen molar-refractivity contribution in [2.45, 2.75) is 104 Å². The van der Waals surface area contributed by atoms with E-state index in [4.69, 9.17) is 19.0 Å². The van der Waals surface area contributed by atoms with Crippen LogP contribution in [-0.4, -0.2) is 36.3 Å². The summed E-state index contributed by atoms with van der Waals surface area (Å²) in [6.45, 7) is 8.02. The molecule has 0 saturated carbocycles. The summed E-state index contributed by atoms with van der Waals surface area (Å²) in [5.41, 5.74) is 11.5. The standard InChI is InChI=1S/C50H63N4O3PS2/c1-3-5-7-9-15-39-19-23-41(24-20-39)45-29-27-43(53-49(45)47-17-11-35-59-47)37-51-31-13-33-56-58(55)57-34-14-32-52-38-44-28-30-46(50(54-44)48-18-12-36-60-48)42-25-21-40(22-26-42)16-10-8-6-4-2/h11-12,17-30,35-36,51-52,58H,3-10,13-16,31-34,37-38H2,1-2H3. The number of nitrogens with zero attached hydrogens (tertiary/aromatic N) is 2. The second-order valence-electron chi connectivity index (χ2n) is 15.4. The fraction of sp³-hybridized carbons (Fsp3) is 0.400. The van der Waals surface area contributed by atoms with Crippen molar-refractivity contribution < 1.29 is 13.6 Å². The highest BCUT2D eigenvalue weighted by atomic mass is 32.1. The van der Waals surface area contributed by atoms with Gasteiger partial charge in [-0.3, -0.25) is 4.57 Å². The van der Waals surface area contributed by atoms with E-state index in [-0.39, 0.29) is 0 Å². The van der Waals surface area contributed by atoms with E-state index in [0.29, 0.717) is 26.3 Å². The van der Waals surface area contributed by atoms with Gasteiger partial charge in [0, 0.05) is 24.2 Å². The first-order valence-electron chi connectivity index (χ1n) is 22.1. The number of aromatic nitrogens is 2. The van der Waals surface area contributed by atoms with E-state index < -0.39 is 8.25 Å². The Labute approximate surface area is 367 Å². The molecule has 318 valence electrons. The molecule has 0 aliphatic carbocycles. The lowest BCUT2D eigenvalue weighted by Crippen LogP contribution is -2.17. The largest absolute Gasteiger partial charge is 0.319 e. The summed E-state index contributed by atoms with van der Waals surface area (Å²) < 4.78 is 23.4. The number of nitrogens with one attached hydrogen (secondary N) is 2. The second-order valence-corrected chi connectivity index (χ2v) is 18.3. The minimum atomic E-state index is -2.54. The molecule has 0 fully saturated rings. The lowest BCUT2D eigenvalue weighted by Gasteiger charge is -2.12. The number of thiophene rings is 2. The van der Waals surface area contributed by atoms with Crippen molar-refractivity contribution in [3.05, 3.63) is 130 Å². The molecule has 0 spiro atoms. The molecule has 0 unspecified atom stereocenters. The molecular formula is C50H63N4O3PS2. The summed E-state index contributed by atoms with van der Waals surface area (Å²) in [6.07, 6.45) is 14.0. The van der Waals surface area contributed by atoms with E-state index in [0.717, 1.165) is 72.7 Å². The minimum Gasteiger partial charge on any atom is -0.311 e. The summed E-state index contributed by atoms with van der Waals surface area (Å²) in [7, 11) is -2.54. The average molecular weight is 863 g/mol. The smallest absolute Gasteiger partial charge is 0.311 e. The van der Waals surface area contributed by atoms with Gasteiger partial charge in [0.25, 0.3) is 0 Å². The molecule has 2 N–H and O–H groups in total. The van der Waals surface area contributed by atoms with Gasteiger partial charge < -0.3 is 19.7 Å². The minimum absolute atomic E-state index is 0.377. The lowest BCUT2D eigenvalue weighted by atomic mass is 9.99. The van der Waals surface area contributed by atoms with Crippen molar-refractivity contribution in [3.63, 3.8) is 0 Å². The Hall–Kier alpha value is -3.79. The molecule has 4 heterocycles. The van der Waals surface area contributed by atoms with Gasteiger partial charge in [-0.15, -0.1) is 22.7 Å². The highest BCUT2D eigenvalue weighted by molar-refractivity contribution is 7.33. The van der Waals surface area contributed by atoms with Crippen LogP contribution in [0.25, 0.3) is 43.4 Å². The molecule has 0 amide bonds. The summed E-state index contributed by atoms with van der Waals surface area (Å²) in [5.74, 6) is 0. The van der Waals surface area contributed by atoms with Gasteiger partial charge in [0.2, 0.25) is 0 Å². The number of unbranched alkanes of at least 4 members (excludes halogenated alkanes) is 6. The van der Waals surface area contributed by atoms with Crippen molar-refractivity contribution in [1.82, 2.24) is 20.6 Å². The SMILES string of the molecule is CCCCCCc1ccc(-c2ccc(CNCCCO[PH](=O)OCCCNCc3ccc(-c4ccc(CCCCCC)cc4)c(-c4cccs4)n3)nc2-c2cccs2)cc1. The fourth-order valence-corrected chi connectivity index (χ4v) is 9.42. The number of hydrogen-bond donors (Lipinski definition) is 2. The quantitative estimate of drug-likeness (QED) is 0.0375.